The molecule has 1 atom stereocenters. The first-order valence-electron chi connectivity index (χ1n) is 20.2. The van der Waals surface area contributed by atoms with Crippen molar-refractivity contribution in [3.63, 3.8) is 0 Å². The van der Waals surface area contributed by atoms with Gasteiger partial charge in [0.25, 0.3) is 11.8 Å². The summed E-state index contributed by atoms with van der Waals surface area (Å²) in [6, 6.07) is 28.4. The minimum Gasteiger partial charge on any atom is -0.494 e. The Labute approximate surface area is 348 Å². The number of hydrogen-bond acceptors (Lipinski definition) is 11. The monoisotopic (exact) mass is 830 g/mol. The minimum absolute atomic E-state index is 0.0754. The number of fused-ring (bicyclic) bond motifs is 2. The highest BCUT2D eigenvalue weighted by Gasteiger charge is 2.44. The summed E-state index contributed by atoms with van der Waals surface area (Å²) in [6.45, 7) is 6.95. The van der Waals surface area contributed by atoms with E-state index < -0.39 is 39.5 Å². The summed E-state index contributed by atoms with van der Waals surface area (Å²) in [5, 5.41) is 4.07. The summed E-state index contributed by atoms with van der Waals surface area (Å²) in [5.74, 6) is 0.685. The van der Waals surface area contributed by atoms with Crippen LogP contribution in [0.15, 0.2) is 102 Å². The molecule has 2 saturated heterocycles. The number of unbranched alkanes of at least 4 members (excludes halogenated alkanes) is 1. The van der Waals surface area contributed by atoms with Crippen molar-refractivity contribution < 1.29 is 41.8 Å². The van der Waals surface area contributed by atoms with Crippen molar-refractivity contribution in [3.8, 4) is 34.1 Å². The highest BCUT2D eigenvalue weighted by molar-refractivity contribution is 7.90. The van der Waals surface area contributed by atoms with E-state index in [1.165, 1.54) is 6.26 Å². The van der Waals surface area contributed by atoms with Crippen LogP contribution in [-0.2, 0) is 19.4 Å². The molecule has 1 unspecified atom stereocenters. The van der Waals surface area contributed by atoms with E-state index in [9.17, 15) is 27.6 Å². The van der Waals surface area contributed by atoms with Crippen molar-refractivity contribution in [2.75, 3.05) is 57.1 Å². The third-order valence-electron chi connectivity index (χ3n) is 11.2. The second-order valence-corrected chi connectivity index (χ2v) is 17.3. The number of sulfone groups is 1. The number of ether oxygens (including phenoxy) is 3. The Bertz CT molecular complexity index is 2570. The average Bonchev–Trinajstić information content (AvgIpc) is 3.49. The van der Waals surface area contributed by atoms with Crippen molar-refractivity contribution in [2.45, 2.75) is 43.5 Å². The summed E-state index contributed by atoms with van der Waals surface area (Å²) < 4.78 is 43.0. The molecule has 13 nitrogen and oxygen atoms in total. The van der Waals surface area contributed by atoms with Crippen molar-refractivity contribution >= 4 is 49.9 Å². The van der Waals surface area contributed by atoms with E-state index in [2.05, 4.69) is 22.0 Å². The molecule has 0 aromatic heterocycles. The molecule has 5 aromatic rings. The zero-order chi connectivity index (χ0) is 42.0. The summed E-state index contributed by atoms with van der Waals surface area (Å²) in [4.78, 5) is 56.2. The molecule has 14 heteroatoms. The Morgan fingerprint density at radius 1 is 0.717 bits per heavy atom. The van der Waals surface area contributed by atoms with Crippen molar-refractivity contribution in [1.29, 1.82) is 0 Å². The van der Waals surface area contributed by atoms with Crippen LogP contribution in [-0.4, -0.2) is 100 Å². The van der Waals surface area contributed by atoms with Gasteiger partial charge in [-0.05, 0) is 103 Å². The molecule has 3 aliphatic heterocycles. The highest BCUT2D eigenvalue weighted by atomic mass is 32.2. The zero-order valence-corrected chi connectivity index (χ0v) is 34.3. The molecule has 8 rings (SSSR count). The van der Waals surface area contributed by atoms with Crippen LogP contribution in [0.2, 0.25) is 0 Å². The average molecular weight is 831 g/mol. The van der Waals surface area contributed by atoms with Gasteiger partial charge in [-0.3, -0.25) is 34.3 Å². The van der Waals surface area contributed by atoms with Gasteiger partial charge in [0.1, 0.15) is 35.6 Å². The van der Waals surface area contributed by atoms with Crippen molar-refractivity contribution in [1.82, 2.24) is 15.1 Å². The maximum absolute atomic E-state index is 13.3. The van der Waals surface area contributed by atoms with Gasteiger partial charge in [0.15, 0.2) is 9.84 Å². The van der Waals surface area contributed by atoms with Gasteiger partial charge in [0.2, 0.25) is 11.8 Å². The van der Waals surface area contributed by atoms with Crippen LogP contribution in [0, 0.1) is 0 Å². The summed E-state index contributed by atoms with van der Waals surface area (Å²) in [5.41, 5.74) is 3.01. The predicted octanol–water partition coefficient (Wildman–Crippen LogP) is 6.48. The van der Waals surface area contributed by atoms with Gasteiger partial charge in [-0.15, -0.1) is 0 Å². The fraction of sp³-hybridized carbons (Fsp3) is 0.304. The van der Waals surface area contributed by atoms with Gasteiger partial charge >= 0.3 is 0 Å². The van der Waals surface area contributed by atoms with E-state index in [1.807, 2.05) is 60.7 Å². The first kappa shape index (κ1) is 40.5. The molecule has 0 saturated carbocycles. The molecule has 310 valence electrons. The van der Waals surface area contributed by atoms with Gasteiger partial charge < -0.3 is 19.1 Å². The summed E-state index contributed by atoms with van der Waals surface area (Å²) >= 11 is 0. The number of amides is 4. The van der Waals surface area contributed by atoms with Gasteiger partial charge in [-0.2, -0.15) is 0 Å². The number of rotatable bonds is 14. The largest absolute Gasteiger partial charge is 0.494 e. The maximum Gasteiger partial charge on any atom is 0.262 e. The topological polar surface area (TPSA) is 152 Å². The molecule has 4 amide bonds. The van der Waals surface area contributed by atoms with Crippen LogP contribution in [0.4, 0.5) is 5.69 Å². The Morgan fingerprint density at radius 2 is 1.40 bits per heavy atom. The molecule has 0 spiro atoms. The fourth-order valence-electron chi connectivity index (χ4n) is 7.82. The number of carbonyl (C=O) groups excluding carboxylic acids is 4. The molecule has 60 heavy (non-hydrogen) atoms. The number of carbonyl (C=O) groups is 4. The lowest BCUT2D eigenvalue weighted by Gasteiger charge is -2.36. The standard InChI is InChI=1S/C46H46N4O9S/c1-3-4-26-57-35-13-18-38-31(28-35)7-16-37(30-5-14-36(15-6-30)60(2,55)56)43(38)59-34-11-9-33(10-12-34)58-27-25-48-21-23-49(24-22-48)32-8-17-39-40(29-32)46(54)50(45(39)53)41-19-20-42(51)47-44(41)52/h5-18,28-29,41H,3-4,19-27H2,1-2H3,(H,47,51,52). The molecule has 0 bridgehead atoms. The number of piperidine rings is 1. The van der Waals surface area contributed by atoms with Crippen molar-refractivity contribution in [3.05, 3.63) is 108 Å². The lowest BCUT2D eigenvalue weighted by molar-refractivity contribution is -0.136. The normalized spacial score (nSPS) is 17.2. The van der Waals surface area contributed by atoms with Gasteiger partial charge in [-0.1, -0.05) is 31.5 Å². The second kappa shape index (κ2) is 17.2. The minimum atomic E-state index is -3.35. The van der Waals surface area contributed by atoms with E-state index >= 15 is 0 Å². The maximum atomic E-state index is 13.3. The van der Waals surface area contributed by atoms with Gasteiger partial charge in [-0.25, -0.2) is 8.42 Å². The number of nitrogens with zero attached hydrogens (tertiary/aromatic N) is 3. The third-order valence-corrected chi connectivity index (χ3v) is 12.3. The molecule has 2 fully saturated rings. The molecule has 3 heterocycles. The number of anilines is 1. The Hall–Kier alpha value is -6.25. The Balaban J connectivity index is 0.879. The van der Waals surface area contributed by atoms with Crippen LogP contribution >= 0.6 is 0 Å². The number of hydrogen-bond donors (Lipinski definition) is 1. The van der Waals surface area contributed by atoms with Crippen LogP contribution < -0.4 is 24.4 Å². The van der Waals surface area contributed by atoms with Crippen LogP contribution in [0.3, 0.4) is 0 Å². The number of piperazine rings is 1. The van der Waals surface area contributed by atoms with E-state index in [1.54, 1.807) is 36.4 Å². The zero-order valence-electron chi connectivity index (χ0n) is 33.5. The van der Waals surface area contributed by atoms with E-state index in [4.69, 9.17) is 14.2 Å². The lowest BCUT2D eigenvalue weighted by Crippen LogP contribution is -2.54. The number of imide groups is 2. The van der Waals surface area contributed by atoms with Gasteiger partial charge in [0, 0.05) is 62.0 Å². The van der Waals surface area contributed by atoms with E-state index in [0.29, 0.717) is 37.0 Å². The Kier molecular flexibility index (Phi) is 11.6. The fourth-order valence-corrected chi connectivity index (χ4v) is 8.45. The first-order valence-corrected chi connectivity index (χ1v) is 22.1. The van der Waals surface area contributed by atoms with Crippen molar-refractivity contribution in [2.24, 2.45) is 0 Å². The number of benzene rings is 5. The molecular weight excluding hydrogens is 785 g/mol. The molecule has 3 aliphatic rings. The molecular formula is C46H46N4O9S. The summed E-state index contributed by atoms with van der Waals surface area (Å²) in [7, 11) is -3.35. The van der Waals surface area contributed by atoms with E-state index in [-0.39, 0.29) is 28.9 Å². The highest BCUT2D eigenvalue weighted by Crippen LogP contribution is 2.41. The lowest BCUT2D eigenvalue weighted by atomic mass is 9.99. The smallest absolute Gasteiger partial charge is 0.262 e. The first-order chi connectivity index (χ1) is 29.0. The van der Waals surface area contributed by atoms with Crippen LogP contribution in [0.5, 0.6) is 23.0 Å². The third kappa shape index (κ3) is 8.56. The van der Waals surface area contributed by atoms with Crippen LogP contribution in [0.25, 0.3) is 21.9 Å². The summed E-state index contributed by atoms with van der Waals surface area (Å²) in [6.07, 6.45) is 3.40. The molecule has 1 N–H and O–H groups in total. The van der Waals surface area contributed by atoms with Gasteiger partial charge in [0.05, 0.1) is 22.6 Å². The Morgan fingerprint density at radius 3 is 2.12 bits per heavy atom. The molecule has 5 aromatic carbocycles. The van der Waals surface area contributed by atoms with E-state index in [0.717, 1.165) is 77.3 Å². The predicted molar refractivity (Wildman–Crippen MR) is 227 cm³/mol. The molecule has 0 aliphatic carbocycles. The quantitative estimate of drug-likeness (QED) is 0.0967. The number of nitrogens with one attached hydrogen (secondary N) is 1. The SMILES string of the molecule is CCCCOc1ccc2c(Oc3ccc(OCCN4CCN(c5ccc6c(c5)C(=O)N(C5CCC(=O)NC5=O)C6=O)CC4)cc3)c(-c3ccc(S(C)(=O)=O)cc3)ccc2c1. The second-order valence-electron chi connectivity index (χ2n) is 15.3. The molecule has 0 radical (unpaired) electrons. The van der Waals surface area contributed by atoms with Crippen LogP contribution in [0.1, 0.15) is 53.3 Å².